The van der Waals surface area contributed by atoms with Crippen LogP contribution in [0.1, 0.15) is 26.7 Å². The van der Waals surface area contributed by atoms with Crippen molar-refractivity contribution >= 4 is 33.6 Å². The lowest BCUT2D eigenvalue weighted by Crippen LogP contribution is -2.53. The maximum Gasteiger partial charge on any atom is 0.329 e. The van der Waals surface area contributed by atoms with Gasteiger partial charge < -0.3 is 15.7 Å². The first-order valence-electron chi connectivity index (χ1n) is 6.06. The number of carbonyl (C=O) groups is 2. The van der Waals surface area contributed by atoms with Gasteiger partial charge in [0, 0.05) is 5.69 Å². The smallest absolute Gasteiger partial charge is 0.329 e. The minimum atomic E-state index is -1.34. The SMILES string of the molecule is CCCC(C)(NC(=O)Nc1ccc(F)c(Br)c1)C(=O)O. The molecule has 1 atom stereocenters. The molecule has 20 heavy (non-hydrogen) atoms. The Hall–Kier alpha value is -1.63. The molecular weight excluding hydrogens is 331 g/mol. The van der Waals surface area contributed by atoms with Crippen LogP contribution in [0.25, 0.3) is 0 Å². The predicted molar refractivity (Wildman–Crippen MR) is 77.2 cm³/mol. The number of carboxylic acids is 1. The minimum Gasteiger partial charge on any atom is -0.480 e. The van der Waals surface area contributed by atoms with E-state index < -0.39 is 23.4 Å². The molecule has 5 nitrogen and oxygen atoms in total. The number of halogens is 2. The maximum absolute atomic E-state index is 13.1. The number of urea groups is 1. The molecule has 0 saturated carbocycles. The molecule has 0 radical (unpaired) electrons. The third-order valence-corrected chi connectivity index (χ3v) is 3.40. The van der Waals surface area contributed by atoms with Gasteiger partial charge in [-0.25, -0.2) is 14.0 Å². The van der Waals surface area contributed by atoms with Gasteiger partial charge in [-0.05, 0) is 47.5 Å². The normalized spacial score (nSPS) is 13.4. The lowest BCUT2D eigenvalue weighted by Gasteiger charge is -2.25. The van der Waals surface area contributed by atoms with Crippen molar-refractivity contribution in [1.29, 1.82) is 0 Å². The molecule has 0 aromatic heterocycles. The molecule has 0 aliphatic rings. The fourth-order valence-corrected chi connectivity index (χ4v) is 2.09. The molecule has 1 aromatic carbocycles. The Kier molecular flexibility index (Phi) is 5.50. The molecule has 110 valence electrons. The summed E-state index contributed by atoms with van der Waals surface area (Å²) >= 11 is 3.00. The first-order chi connectivity index (χ1) is 9.28. The Bertz CT molecular complexity index is 524. The fourth-order valence-electron chi connectivity index (χ4n) is 1.71. The fraction of sp³-hybridized carbons (Fsp3) is 0.385. The highest BCUT2D eigenvalue weighted by molar-refractivity contribution is 9.10. The molecule has 1 aromatic rings. The number of nitrogens with one attached hydrogen (secondary N) is 2. The maximum atomic E-state index is 13.1. The van der Waals surface area contributed by atoms with Crippen LogP contribution in [-0.2, 0) is 4.79 Å². The Labute approximate surface area is 124 Å². The van der Waals surface area contributed by atoms with Crippen LogP contribution in [0.15, 0.2) is 22.7 Å². The van der Waals surface area contributed by atoms with Crippen LogP contribution in [0.3, 0.4) is 0 Å². The zero-order chi connectivity index (χ0) is 15.3. The van der Waals surface area contributed by atoms with Crippen molar-refractivity contribution in [3.05, 3.63) is 28.5 Å². The average molecular weight is 347 g/mol. The highest BCUT2D eigenvalue weighted by Crippen LogP contribution is 2.20. The van der Waals surface area contributed by atoms with Gasteiger partial charge in [-0.3, -0.25) is 0 Å². The molecule has 1 unspecified atom stereocenters. The number of aliphatic carboxylic acids is 1. The van der Waals surface area contributed by atoms with E-state index in [4.69, 9.17) is 5.11 Å². The van der Waals surface area contributed by atoms with Crippen LogP contribution < -0.4 is 10.6 Å². The number of hydrogen-bond acceptors (Lipinski definition) is 2. The predicted octanol–water partition coefficient (Wildman–Crippen LogP) is 3.35. The number of anilines is 1. The lowest BCUT2D eigenvalue weighted by molar-refractivity contribution is -0.143. The number of benzene rings is 1. The highest BCUT2D eigenvalue weighted by Gasteiger charge is 2.33. The molecule has 0 saturated heterocycles. The zero-order valence-corrected chi connectivity index (χ0v) is 12.8. The summed E-state index contributed by atoms with van der Waals surface area (Å²) in [7, 11) is 0. The topological polar surface area (TPSA) is 78.4 Å². The van der Waals surface area contributed by atoms with Crippen molar-refractivity contribution in [1.82, 2.24) is 5.32 Å². The van der Waals surface area contributed by atoms with E-state index >= 15 is 0 Å². The standard InChI is InChI=1S/C13H16BrFN2O3/c1-3-6-13(2,11(18)19)17-12(20)16-8-4-5-10(15)9(14)7-8/h4-5,7H,3,6H2,1-2H3,(H,18,19)(H2,16,17,20). The summed E-state index contributed by atoms with van der Waals surface area (Å²) < 4.78 is 13.3. The van der Waals surface area contributed by atoms with Crippen molar-refractivity contribution in [2.24, 2.45) is 0 Å². The van der Waals surface area contributed by atoms with E-state index in [2.05, 4.69) is 26.6 Å². The molecule has 7 heteroatoms. The number of carbonyl (C=O) groups excluding carboxylic acids is 1. The van der Waals surface area contributed by atoms with Crippen molar-refractivity contribution in [3.63, 3.8) is 0 Å². The first kappa shape index (κ1) is 16.4. The Morgan fingerprint density at radius 3 is 2.60 bits per heavy atom. The van der Waals surface area contributed by atoms with Gasteiger partial charge in [0.15, 0.2) is 0 Å². The van der Waals surface area contributed by atoms with Crippen LogP contribution in [0.2, 0.25) is 0 Å². The van der Waals surface area contributed by atoms with Crippen LogP contribution in [0.5, 0.6) is 0 Å². The second kappa shape index (κ2) is 6.69. The van der Waals surface area contributed by atoms with E-state index in [1.165, 1.54) is 25.1 Å². The van der Waals surface area contributed by atoms with E-state index in [0.29, 0.717) is 18.5 Å². The Morgan fingerprint density at radius 2 is 2.10 bits per heavy atom. The van der Waals surface area contributed by atoms with Gasteiger partial charge in [-0.2, -0.15) is 0 Å². The van der Waals surface area contributed by atoms with Crippen molar-refractivity contribution in [2.75, 3.05) is 5.32 Å². The van der Waals surface area contributed by atoms with Crippen LogP contribution in [0, 0.1) is 5.82 Å². The second-order valence-corrected chi connectivity index (χ2v) is 5.45. The van der Waals surface area contributed by atoms with Gasteiger partial charge in [0.2, 0.25) is 0 Å². The van der Waals surface area contributed by atoms with Gasteiger partial charge in [-0.15, -0.1) is 0 Å². The number of rotatable bonds is 5. The van der Waals surface area contributed by atoms with Gasteiger partial charge in [-0.1, -0.05) is 13.3 Å². The summed E-state index contributed by atoms with van der Waals surface area (Å²) in [6.45, 7) is 3.27. The molecule has 0 heterocycles. The zero-order valence-electron chi connectivity index (χ0n) is 11.2. The molecule has 0 bridgehead atoms. The van der Waals surface area contributed by atoms with Crippen molar-refractivity contribution in [3.8, 4) is 0 Å². The van der Waals surface area contributed by atoms with Gasteiger partial charge in [0.25, 0.3) is 0 Å². The Morgan fingerprint density at radius 1 is 1.45 bits per heavy atom. The monoisotopic (exact) mass is 346 g/mol. The van der Waals surface area contributed by atoms with E-state index in [-0.39, 0.29) is 4.47 Å². The molecule has 0 aliphatic heterocycles. The number of hydrogen-bond donors (Lipinski definition) is 3. The van der Waals surface area contributed by atoms with Crippen molar-refractivity contribution in [2.45, 2.75) is 32.2 Å². The first-order valence-corrected chi connectivity index (χ1v) is 6.85. The third kappa shape index (κ3) is 4.19. The summed E-state index contributed by atoms with van der Waals surface area (Å²) in [5.41, 5.74) is -0.976. The molecule has 0 fully saturated rings. The number of carboxylic acid groups (broad SMARTS) is 1. The molecule has 2 amide bonds. The Balaban J connectivity index is 2.75. The second-order valence-electron chi connectivity index (χ2n) is 4.60. The summed E-state index contributed by atoms with van der Waals surface area (Å²) in [4.78, 5) is 23.0. The molecular formula is C13H16BrFN2O3. The van der Waals surface area contributed by atoms with E-state index in [0.717, 1.165) is 0 Å². The van der Waals surface area contributed by atoms with Gasteiger partial charge in [0.1, 0.15) is 11.4 Å². The van der Waals surface area contributed by atoms with E-state index in [9.17, 15) is 14.0 Å². The molecule has 1 rings (SSSR count). The van der Waals surface area contributed by atoms with Crippen LogP contribution >= 0.6 is 15.9 Å². The van der Waals surface area contributed by atoms with Gasteiger partial charge in [0.05, 0.1) is 4.47 Å². The van der Waals surface area contributed by atoms with Crippen molar-refractivity contribution < 1.29 is 19.1 Å². The summed E-state index contributed by atoms with van der Waals surface area (Å²) in [5.74, 6) is -1.55. The molecule has 0 spiro atoms. The minimum absolute atomic E-state index is 0.213. The quantitative estimate of drug-likeness (QED) is 0.764. The summed E-state index contributed by atoms with van der Waals surface area (Å²) in [6, 6.07) is 3.33. The highest BCUT2D eigenvalue weighted by atomic mass is 79.9. The van der Waals surface area contributed by atoms with Crippen LogP contribution in [-0.4, -0.2) is 22.6 Å². The lowest BCUT2D eigenvalue weighted by atomic mass is 9.97. The average Bonchev–Trinajstić information content (AvgIpc) is 2.33. The molecule has 0 aliphatic carbocycles. The van der Waals surface area contributed by atoms with E-state index in [1.807, 2.05) is 6.92 Å². The van der Waals surface area contributed by atoms with Crippen LogP contribution in [0.4, 0.5) is 14.9 Å². The third-order valence-electron chi connectivity index (χ3n) is 2.79. The summed E-state index contributed by atoms with van der Waals surface area (Å²) in [5, 5.41) is 14.0. The van der Waals surface area contributed by atoms with Gasteiger partial charge >= 0.3 is 12.0 Å². The summed E-state index contributed by atoms with van der Waals surface area (Å²) in [6.07, 6.45) is 0.925. The largest absolute Gasteiger partial charge is 0.480 e. The van der Waals surface area contributed by atoms with E-state index in [1.54, 1.807) is 0 Å². The number of amides is 2. The molecule has 3 N–H and O–H groups in total.